The van der Waals surface area contributed by atoms with Crippen LogP contribution in [0.15, 0.2) is 72.8 Å². The summed E-state index contributed by atoms with van der Waals surface area (Å²) in [6, 6.07) is 19.1. The minimum Gasteiger partial charge on any atom is -0.461 e. The molecule has 2 aromatic rings. The summed E-state index contributed by atoms with van der Waals surface area (Å²) in [5.41, 5.74) is 8.55. The van der Waals surface area contributed by atoms with Crippen LogP contribution in [0.2, 0.25) is 0 Å². The van der Waals surface area contributed by atoms with E-state index < -0.39 is 40.8 Å². The highest BCUT2D eigenvalue weighted by Gasteiger charge is 2.35. The van der Waals surface area contributed by atoms with Crippen LogP contribution >= 0.6 is 0 Å². The second kappa shape index (κ2) is 17.8. The van der Waals surface area contributed by atoms with Crippen molar-refractivity contribution in [1.82, 2.24) is 0 Å². The Morgan fingerprint density at radius 2 is 1.12 bits per heavy atom. The molecule has 2 aromatic carbocycles. The smallest absolute Gasteiger partial charge is 0.461 e. The first kappa shape index (κ1) is 35.2. The van der Waals surface area contributed by atoms with E-state index in [0.29, 0.717) is 0 Å². The van der Waals surface area contributed by atoms with E-state index in [1.165, 1.54) is 0 Å². The van der Waals surface area contributed by atoms with Crippen molar-refractivity contribution >= 4 is 41.7 Å². The van der Waals surface area contributed by atoms with Crippen molar-refractivity contribution in [3.8, 4) is 0 Å². The van der Waals surface area contributed by atoms with E-state index in [2.05, 4.69) is 4.79 Å². The molecule has 0 saturated heterocycles. The molecular formula is C32H38N2O8. The molecular weight excluding hydrogens is 540 g/mol. The second-order valence-corrected chi connectivity index (χ2v) is 10.6. The van der Waals surface area contributed by atoms with Gasteiger partial charge in [0.15, 0.2) is 0 Å². The number of ether oxygens (including phenoxy) is 4. The van der Waals surface area contributed by atoms with E-state index in [-0.39, 0.29) is 19.6 Å². The van der Waals surface area contributed by atoms with E-state index in [1.54, 1.807) is 59.8 Å². The van der Waals surface area contributed by atoms with Gasteiger partial charge in [0, 0.05) is 0 Å². The van der Waals surface area contributed by atoms with Crippen molar-refractivity contribution in [1.29, 1.82) is 0 Å². The number of carbonyl (C=O) groups excluding carboxylic acids is 4. The monoisotopic (exact) mass is 578 g/mol. The van der Waals surface area contributed by atoms with Crippen LogP contribution in [0.4, 0.5) is 0 Å². The molecule has 0 fully saturated rings. The highest BCUT2D eigenvalue weighted by Crippen LogP contribution is 2.09. The predicted octanol–water partition coefficient (Wildman–Crippen LogP) is 5.23. The molecule has 0 saturated carbocycles. The molecule has 0 aromatic heterocycles. The average Bonchev–Trinajstić information content (AvgIpc) is 2.89. The van der Waals surface area contributed by atoms with Gasteiger partial charge in [0.1, 0.15) is 30.8 Å². The summed E-state index contributed by atoms with van der Waals surface area (Å²) in [5.74, 6) is -3.24. The van der Waals surface area contributed by atoms with Gasteiger partial charge in [-0.25, -0.2) is 9.59 Å². The maximum absolute atomic E-state index is 11.7. The van der Waals surface area contributed by atoms with Gasteiger partial charge < -0.3 is 24.5 Å². The third kappa shape index (κ3) is 17.0. The number of hydrogen-bond acceptors (Lipinski definition) is 8. The standard InChI is InChI=1S/C16H18N2O4.C16H20O4/c1-16(2,3)22-15(20)13(18-17)14(19)21-11-7-10-12-8-5-4-6-9-12;1-16(2,3)20-15(18)12-14(17)19-11-7-10-13-8-5-4-6-9-13/h4-10H,11H2,1-3H3;4-10H,11-12H2,1-3H3/b2*10-7-. The second-order valence-electron chi connectivity index (χ2n) is 10.6. The zero-order chi connectivity index (χ0) is 31.6. The van der Waals surface area contributed by atoms with Crippen LogP contribution < -0.4 is 0 Å². The zero-order valence-electron chi connectivity index (χ0n) is 24.9. The van der Waals surface area contributed by atoms with Crippen molar-refractivity contribution in [2.45, 2.75) is 59.2 Å². The summed E-state index contributed by atoms with van der Waals surface area (Å²) >= 11 is 0. The molecule has 0 bridgehead atoms. The summed E-state index contributed by atoms with van der Waals surface area (Å²) in [6.07, 6.45) is 6.58. The molecule has 42 heavy (non-hydrogen) atoms. The highest BCUT2D eigenvalue weighted by molar-refractivity contribution is 6.60. The molecule has 0 unspecified atom stereocenters. The first-order valence-electron chi connectivity index (χ1n) is 13.1. The van der Waals surface area contributed by atoms with Gasteiger partial charge in [-0.2, -0.15) is 4.79 Å². The molecule has 0 amide bonds. The molecule has 10 heteroatoms. The Morgan fingerprint density at radius 3 is 1.55 bits per heavy atom. The van der Waals surface area contributed by atoms with Gasteiger partial charge in [0.05, 0.1) is 0 Å². The van der Waals surface area contributed by atoms with Crippen LogP contribution in [0.25, 0.3) is 17.7 Å². The fourth-order valence-electron chi connectivity index (χ4n) is 2.87. The van der Waals surface area contributed by atoms with Crippen LogP contribution in [0.3, 0.4) is 0 Å². The lowest BCUT2D eigenvalue weighted by atomic mass is 10.2. The highest BCUT2D eigenvalue weighted by atomic mass is 16.6. The molecule has 10 nitrogen and oxygen atoms in total. The minimum atomic E-state index is -1.05. The molecule has 0 N–H and O–H groups in total. The molecule has 0 aliphatic carbocycles. The molecule has 2 rings (SSSR count). The van der Waals surface area contributed by atoms with Gasteiger partial charge >= 0.3 is 29.6 Å². The van der Waals surface area contributed by atoms with Crippen molar-refractivity contribution in [2.24, 2.45) is 0 Å². The van der Waals surface area contributed by atoms with E-state index in [4.69, 9.17) is 24.5 Å². The SMILES string of the molecule is CC(C)(C)OC(=O)C(=[N+]=[N-])C(=O)OC/C=C\c1ccccc1.CC(C)(C)OC(=O)CC(=O)OC/C=C\c1ccccc1. The molecule has 0 aliphatic rings. The number of benzene rings is 2. The normalized spacial score (nSPS) is 11.1. The van der Waals surface area contributed by atoms with Crippen molar-refractivity contribution in [3.63, 3.8) is 0 Å². The van der Waals surface area contributed by atoms with E-state index in [9.17, 15) is 19.2 Å². The molecule has 0 atom stereocenters. The Hall–Kier alpha value is -4.82. The lowest BCUT2D eigenvalue weighted by molar-refractivity contribution is -0.161. The van der Waals surface area contributed by atoms with Crippen LogP contribution in [0.1, 0.15) is 59.1 Å². The molecule has 0 heterocycles. The number of carbonyl (C=O) groups is 4. The van der Waals surface area contributed by atoms with E-state index in [0.717, 1.165) is 11.1 Å². The third-order valence-electron chi connectivity index (χ3n) is 4.47. The number of esters is 4. The summed E-state index contributed by atoms with van der Waals surface area (Å²) in [5, 5.41) is 0. The Labute approximate surface area is 246 Å². The van der Waals surface area contributed by atoms with Gasteiger partial charge in [-0.1, -0.05) is 72.8 Å². The van der Waals surface area contributed by atoms with Crippen molar-refractivity contribution in [3.05, 3.63) is 89.5 Å². The summed E-state index contributed by atoms with van der Waals surface area (Å²) in [6.45, 7) is 10.2. The summed E-state index contributed by atoms with van der Waals surface area (Å²) < 4.78 is 19.7. The Morgan fingerprint density at radius 1 is 0.667 bits per heavy atom. The quantitative estimate of drug-likeness (QED) is 0.0932. The van der Waals surface area contributed by atoms with E-state index in [1.807, 2.05) is 66.7 Å². The van der Waals surface area contributed by atoms with Crippen molar-refractivity contribution in [2.75, 3.05) is 13.2 Å². The number of hydrogen-bond donors (Lipinski definition) is 0. The Balaban J connectivity index is 0.000000422. The number of rotatable bonds is 10. The maximum Gasteiger partial charge on any atom is 0.482 e. The van der Waals surface area contributed by atoms with Crippen LogP contribution in [-0.2, 0) is 38.1 Å². The first-order valence-corrected chi connectivity index (χ1v) is 13.1. The fourth-order valence-corrected chi connectivity index (χ4v) is 2.87. The van der Waals surface area contributed by atoms with Gasteiger partial charge in [-0.3, -0.25) is 9.59 Å². The average molecular weight is 579 g/mol. The molecule has 0 spiro atoms. The zero-order valence-corrected chi connectivity index (χ0v) is 24.9. The van der Waals surface area contributed by atoms with Crippen LogP contribution in [0.5, 0.6) is 0 Å². The third-order valence-corrected chi connectivity index (χ3v) is 4.47. The van der Waals surface area contributed by atoms with Crippen molar-refractivity contribution < 1.29 is 42.9 Å². The minimum absolute atomic E-state index is 0.0600. The van der Waals surface area contributed by atoms with Crippen LogP contribution in [-0.4, -0.2) is 58.8 Å². The van der Waals surface area contributed by atoms with E-state index >= 15 is 0 Å². The lowest BCUT2D eigenvalue weighted by Crippen LogP contribution is -2.34. The Bertz CT molecular complexity index is 1280. The van der Waals surface area contributed by atoms with Gasteiger partial charge in [0.2, 0.25) is 0 Å². The van der Waals surface area contributed by atoms with Gasteiger partial charge in [0.25, 0.3) is 0 Å². The lowest BCUT2D eigenvalue weighted by Gasteiger charge is -2.18. The predicted molar refractivity (Wildman–Crippen MR) is 158 cm³/mol. The topological polar surface area (TPSA) is 142 Å². The van der Waals surface area contributed by atoms with Crippen LogP contribution in [0, 0.1) is 0 Å². The fraction of sp³-hybridized carbons (Fsp3) is 0.344. The first-order chi connectivity index (χ1) is 19.7. The molecule has 0 aliphatic heterocycles. The van der Waals surface area contributed by atoms with Gasteiger partial charge in [-0.05, 0) is 64.8 Å². The number of nitrogens with zero attached hydrogens (tertiary/aromatic N) is 2. The van der Waals surface area contributed by atoms with Gasteiger partial charge in [-0.15, -0.1) is 0 Å². The molecule has 0 radical (unpaired) electrons. The molecule has 224 valence electrons. The maximum atomic E-state index is 11.7. The largest absolute Gasteiger partial charge is 0.482 e. The Kier molecular flexibility index (Phi) is 14.9. The summed E-state index contributed by atoms with van der Waals surface area (Å²) in [4.78, 5) is 48.7. The summed E-state index contributed by atoms with van der Waals surface area (Å²) in [7, 11) is 0.